The molecule has 0 aliphatic carbocycles. The van der Waals surface area contributed by atoms with E-state index in [4.69, 9.17) is 37.4 Å². The number of terminal acetylenes is 1. The zero-order chi connectivity index (χ0) is 23.9. The average Bonchev–Trinajstić information content (AvgIpc) is 2.83. The molecule has 0 aromatic carbocycles. The summed E-state index contributed by atoms with van der Waals surface area (Å²) in [5.41, 5.74) is -4.14. The molecule has 2 rings (SSSR count). The molecule has 0 amide bonds. The van der Waals surface area contributed by atoms with Gasteiger partial charge in [0.1, 0.15) is 12.7 Å². The van der Waals surface area contributed by atoms with Crippen molar-refractivity contribution in [1.29, 1.82) is 0 Å². The molecule has 20 heteroatoms. The van der Waals surface area contributed by atoms with Crippen LogP contribution in [-0.2, 0) is 36.6 Å². The summed E-state index contributed by atoms with van der Waals surface area (Å²) in [7, 11) is -17.0. The Hall–Kier alpha value is -1.14. The Morgan fingerprint density at radius 3 is 2.39 bits per heavy atom. The highest BCUT2D eigenvalue weighted by molar-refractivity contribution is 7.66. The maximum absolute atomic E-state index is 12.0. The lowest BCUT2D eigenvalue weighted by Gasteiger charge is -2.31. The summed E-state index contributed by atoms with van der Waals surface area (Å²) < 4.78 is 51.2. The van der Waals surface area contributed by atoms with Crippen molar-refractivity contribution in [2.75, 3.05) is 13.2 Å². The average molecular weight is 527 g/mol. The first-order valence-electron chi connectivity index (χ1n) is 7.55. The van der Waals surface area contributed by atoms with E-state index in [0.717, 1.165) is 12.3 Å². The third-order valence-electron chi connectivity index (χ3n) is 3.72. The number of ether oxygens (including phenoxy) is 1. The van der Waals surface area contributed by atoms with Crippen LogP contribution in [0, 0.1) is 12.3 Å². The molecule has 31 heavy (non-hydrogen) atoms. The number of nitrogens with one attached hydrogen (secondary N) is 1. The van der Waals surface area contributed by atoms with Crippen molar-refractivity contribution < 1.29 is 56.3 Å². The second-order valence-corrected chi connectivity index (χ2v) is 11.0. The Kier molecular flexibility index (Phi) is 7.30. The maximum atomic E-state index is 12.0. The predicted molar refractivity (Wildman–Crippen MR) is 98.5 cm³/mol. The van der Waals surface area contributed by atoms with E-state index in [1.807, 2.05) is 10.9 Å². The molecule has 0 spiro atoms. The van der Waals surface area contributed by atoms with Crippen LogP contribution in [0.2, 0.25) is 0 Å². The molecule has 6 N–H and O–H groups in total. The van der Waals surface area contributed by atoms with Gasteiger partial charge in [-0.3, -0.25) is 18.9 Å². The van der Waals surface area contributed by atoms with E-state index in [9.17, 15) is 33.3 Å². The Morgan fingerprint density at radius 1 is 1.26 bits per heavy atom. The van der Waals surface area contributed by atoms with Crippen molar-refractivity contribution >= 4 is 35.1 Å². The molecule has 0 bridgehead atoms. The molecule has 2 heterocycles. The topological polar surface area (TPSA) is 244 Å². The number of halogens is 1. The van der Waals surface area contributed by atoms with Crippen molar-refractivity contribution in [3.63, 3.8) is 0 Å². The molecule has 174 valence electrons. The minimum Gasteiger partial charge on any atom is -0.385 e. The van der Waals surface area contributed by atoms with Crippen LogP contribution in [0.3, 0.4) is 0 Å². The van der Waals surface area contributed by atoms with E-state index >= 15 is 0 Å². The SMILES string of the molecule is C#C[C@]1(COP(=O)(O)OP(=O)(O)OP(=O)(O)O)OC[C@@](Cl)(n2ccc(=O)[nH]c2=O)[C@@H]1O. The van der Waals surface area contributed by atoms with Crippen LogP contribution >= 0.6 is 35.1 Å². The first-order chi connectivity index (χ1) is 14.0. The number of rotatable bonds is 8. The Bertz CT molecular complexity index is 1150. The fourth-order valence-corrected chi connectivity index (χ4v) is 5.83. The smallest absolute Gasteiger partial charge is 0.385 e. The van der Waals surface area contributed by atoms with Crippen molar-refractivity contribution in [3.05, 3.63) is 33.1 Å². The minimum absolute atomic E-state index is 0.671. The molecular weight excluding hydrogens is 512 g/mol. The number of phosphoric ester groups is 1. The zero-order valence-corrected chi connectivity index (χ0v) is 18.2. The Morgan fingerprint density at radius 2 is 1.87 bits per heavy atom. The second-order valence-electron chi connectivity index (χ2n) is 5.89. The summed E-state index contributed by atoms with van der Waals surface area (Å²) in [4.78, 5) is 58.6. The molecule has 1 aromatic heterocycles. The van der Waals surface area contributed by atoms with Crippen LogP contribution in [0.15, 0.2) is 21.9 Å². The van der Waals surface area contributed by atoms with Gasteiger partial charge >= 0.3 is 29.2 Å². The van der Waals surface area contributed by atoms with E-state index in [1.165, 1.54) is 0 Å². The van der Waals surface area contributed by atoms with Gasteiger partial charge in [0, 0.05) is 12.3 Å². The number of H-pyrrole nitrogens is 1. The number of aliphatic hydroxyl groups excluding tert-OH is 1. The number of nitrogens with zero attached hydrogens (tertiary/aromatic N) is 1. The maximum Gasteiger partial charge on any atom is 0.490 e. The van der Waals surface area contributed by atoms with Crippen LogP contribution in [0.5, 0.6) is 0 Å². The quantitative estimate of drug-likeness (QED) is 0.129. The third kappa shape index (κ3) is 6.01. The summed E-state index contributed by atoms with van der Waals surface area (Å²) >= 11 is 6.26. The lowest BCUT2D eigenvalue weighted by Crippen LogP contribution is -2.53. The lowest BCUT2D eigenvalue weighted by atomic mass is 9.95. The minimum atomic E-state index is -5.79. The van der Waals surface area contributed by atoms with Gasteiger partial charge in [-0.05, 0) is 0 Å². The van der Waals surface area contributed by atoms with Crippen molar-refractivity contribution in [1.82, 2.24) is 9.55 Å². The van der Waals surface area contributed by atoms with E-state index in [0.29, 0.717) is 4.57 Å². The molecule has 1 saturated heterocycles. The van der Waals surface area contributed by atoms with E-state index in [2.05, 4.69) is 13.1 Å². The van der Waals surface area contributed by atoms with Gasteiger partial charge in [0.15, 0.2) is 10.6 Å². The van der Waals surface area contributed by atoms with Crippen LogP contribution in [0.1, 0.15) is 0 Å². The molecule has 1 fully saturated rings. The van der Waals surface area contributed by atoms with Crippen LogP contribution < -0.4 is 11.2 Å². The molecule has 1 aliphatic rings. The molecule has 16 nitrogen and oxygen atoms in total. The standard InChI is InChI=1S/C11H14ClN2O14P3/c1-2-10(5-26-30(21,22)28-31(23,24)27-29(18,19)20)8(16)11(12,6-25-10)14-4-3-7(15)13-9(14)17/h1,3-4,8,16H,5-6H2,(H,21,22)(H,23,24)(H,13,15,17)(H2,18,19,20)/t8-,10-,11-/m1/s1. The molecule has 1 aromatic rings. The fraction of sp³-hybridized carbons (Fsp3) is 0.455. The van der Waals surface area contributed by atoms with Gasteiger partial charge in [0.25, 0.3) is 5.56 Å². The molecule has 0 saturated carbocycles. The van der Waals surface area contributed by atoms with E-state index < -0.39 is 64.6 Å². The van der Waals surface area contributed by atoms with Crippen molar-refractivity contribution in [2.45, 2.75) is 16.7 Å². The molecule has 2 unspecified atom stereocenters. The number of alkyl halides is 1. The molecule has 0 radical (unpaired) electrons. The highest BCUT2D eigenvalue weighted by Crippen LogP contribution is 2.66. The molecular formula is C11H14ClN2O14P3. The van der Waals surface area contributed by atoms with E-state index in [1.54, 1.807) is 0 Å². The number of hydrogen-bond acceptors (Lipinski definition) is 10. The van der Waals surface area contributed by atoms with Crippen LogP contribution in [0.25, 0.3) is 0 Å². The summed E-state index contributed by atoms with van der Waals surface area (Å²) in [6.45, 7) is -1.90. The van der Waals surface area contributed by atoms with Crippen LogP contribution in [-0.4, -0.2) is 59.2 Å². The van der Waals surface area contributed by atoms with Crippen LogP contribution in [0.4, 0.5) is 0 Å². The number of aliphatic hydroxyl groups is 1. The number of hydrogen-bond donors (Lipinski definition) is 6. The summed E-state index contributed by atoms with van der Waals surface area (Å²) in [6.07, 6.45) is 4.20. The van der Waals surface area contributed by atoms with Gasteiger partial charge in [-0.15, -0.1) is 6.42 Å². The highest BCUT2D eigenvalue weighted by Gasteiger charge is 2.59. The molecule has 1 aliphatic heterocycles. The summed E-state index contributed by atoms with van der Waals surface area (Å²) in [6, 6.07) is 0.903. The Labute approximate surface area is 176 Å². The largest absolute Gasteiger partial charge is 0.490 e. The first kappa shape index (κ1) is 26.1. The lowest BCUT2D eigenvalue weighted by molar-refractivity contribution is -0.0494. The van der Waals surface area contributed by atoms with Gasteiger partial charge < -0.3 is 29.4 Å². The van der Waals surface area contributed by atoms with E-state index in [-0.39, 0.29) is 0 Å². The summed E-state index contributed by atoms with van der Waals surface area (Å²) in [5.74, 6) is 1.91. The fourth-order valence-electron chi connectivity index (χ4n) is 2.42. The second kappa shape index (κ2) is 8.66. The monoisotopic (exact) mass is 526 g/mol. The van der Waals surface area contributed by atoms with Gasteiger partial charge in [-0.2, -0.15) is 8.62 Å². The number of aromatic nitrogens is 2. The highest BCUT2D eigenvalue weighted by atomic mass is 35.5. The zero-order valence-electron chi connectivity index (χ0n) is 14.8. The van der Waals surface area contributed by atoms with Crippen molar-refractivity contribution in [3.8, 4) is 12.3 Å². The van der Waals surface area contributed by atoms with Gasteiger partial charge in [-0.1, -0.05) is 17.5 Å². The third-order valence-corrected chi connectivity index (χ3v) is 8.00. The van der Waals surface area contributed by atoms with Gasteiger partial charge in [0.05, 0.1) is 6.61 Å². The predicted octanol–water partition coefficient (Wildman–Crippen LogP) is -1.47. The number of phosphoric acid groups is 3. The first-order valence-corrected chi connectivity index (χ1v) is 12.4. The number of aromatic amines is 1. The van der Waals surface area contributed by atoms with Gasteiger partial charge in [0.2, 0.25) is 0 Å². The van der Waals surface area contributed by atoms with Gasteiger partial charge in [-0.25, -0.2) is 18.5 Å². The Balaban J connectivity index is 2.24. The normalized spacial score (nSPS) is 30.3. The molecule has 5 atom stereocenters. The summed E-state index contributed by atoms with van der Waals surface area (Å²) in [5, 5.41) is 10.6. The van der Waals surface area contributed by atoms with Crippen molar-refractivity contribution in [2.24, 2.45) is 0 Å².